The van der Waals surface area contributed by atoms with Gasteiger partial charge in [-0.05, 0) is 42.3 Å². The van der Waals surface area contributed by atoms with Gasteiger partial charge >= 0.3 is 0 Å². The summed E-state index contributed by atoms with van der Waals surface area (Å²) in [4.78, 5) is 29.6. The van der Waals surface area contributed by atoms with Crippen molar-refractivity contribution >= 4 is 28.6 Å². The SMILES string of the molecule is CC(C)CNC(=O)CSc1nc2ccccc2c(=O)n1-c1ccc(F)cc1. The summed E-state index contributed by atoms with van der Waals surface area (Å²) in [7, 11) is 0. The van der Waals surface area contributed by atoms with Crippen LogP contribution in [0, 0.1) is 11.7 Å². The highest BCUT2D eigenvalue weighted by Gasteiger charge is 2.15. The third-order valence-corrected chi connectivity index (χ3v) is 4.81. The Morgan fingerprint density at radius 2 is 1.89 bits per heavy atom. The lowest BCUT2D eigenvalue weighted by Crippen LogP contribution is -2.29. The number of nitrogens with one attached hydrogen (secondary N) is 1. The minimum Gasteiger partial charge on any atom is -0.355 e. The molecule has 3 rings (SSSR count). The Balaban J connectivity index is 1.99. The third kappa shape index (κ3) is 4.54. The third-order valence-electron chi connectivity index (χ3n) is 3.87. The first-order valence-corrected chi connectivity index (χ1v) is 9.61. The van der Waals surface area contributed by atoms with Crippen molar-refractivity contribution in [2.45, 2.75) is 19.0 Å². The predicted molar refractivity (Wildman–Crippen MR) is 106 cm³/mol. The monoisotopic (exact) mass is 385 g/mol. The number of rotatable bonds is 6. The molecule has 0 saturated heterocycles. The smallest absolute Gasteiger partial charge is 0.266 e. The van der Waals surface area contributed by atoms with Crippen LogP contribution < -0.4 is 10.9 Å². The molecule has 0 aliphatic carbocycles. The molecule has 2 aromatic carbocycles. The Kier molecular flexibility index (Phi) is 5.91. The maximum atomic E-state index is 13.3. The fourth-order valence-electron chi connectivity index (χ4n) is 2.53. The molecule has 1 N–H and O–H groups in total. The maximum absolute atomic E-state index is 13.3. The molecule has 0 atom stereocenters. The van der Waals surface area contributed by atoms with Gasteiger partial charge in [-0.25, -0.2) is 9.37 Å². The molecular formula is C20H20FN3O2S. The quantitative estimate of drug-likeness (QED) is 0.522. The summed E-state index contributed by atoms with van der Waals surface area (Å²) in [6, 6.07) is 12.7. The Morgan fingerprint density at radius 3 is 2.59 bits per heavy atom. The number of fused-ring (bicyclic) bond motifs is 1. The van der Waals surface area contributed by atoms with E-state index in [0.29, 0.717) is 34.2 Å². The molecule has 0 radical (unpaired) electrons. The molecule has 5 nitrogen and oxygen atoms in total. The predicted octanol–water partition coefficient (Wildman–Crippen LogP) is 3.39. The van der Waals surface area contributed by atoms with Crippen LogP contribution in [-0.2, 0) is 4.79 Å². The highest BCUT2D eigenvalue weighted by molar-refractivity contribution is 7.99. The van der Waals surface area contributed by atoms with Gasteiger partial charge in [-0.15, -0.1) is 0 Å². The van der Waals surface area contributed by atoms with E-state index in [-0.39, 0.29) is 23.0 Å². The van der Waals surface area contributed by atoms with Gasteiger partial charge in [0.25, 0.3) is 5.56 Å². The van der Waals surface area contributed by atoms with E-state index in [1.807, 2.05) is 13.8 Å². The summed E-state index contributed by atoms with van der Waals surface area (Å²) in [5, 5.41) is 3.71. The van der Waals surface area contributed by atoms with Gasteiger partial charge in [0.05, 0.1) is 22.3 Å². The minimum absolute atomic E-state index is 0.123. The van der Waals surface area contributed by atoms with E-state index in [1.165, 1.54) is 40.6 Å². The van der Waals surface area contributed by atoms with Gasteiger partial charge in [0.2, 0.25) is 5.91 Å². The van der Waals surface area contributed by atoms with Crippen molar-refractivity contribution in [1.29, 1.82) is 0 Å². The summed E-state index contributed by atoms with van der Waals surface area (Å²) in [6.45, 7) is 4.63. The number of nitrogens with zero attached hydrogens (tertiary/aromatic N) is 2. The molecule has 0 spiro atoms. The van der Waals surface area contributed by atoms with Crippen LogP contribution >= 0.6 is 11.8 Å². The van der Waals surface area contributed by atoms with Gasteiger partial charge in [0.1, 0.15) is 5.82 Å². The lowest BCUT2D eigenvalue weighted by Gasteiger charge is -2.13. The molecule has 0 fully saturated rings. The van der Waals surface area contributed by atoms with Crippen LogP contribution in [0.15, 0.2) is 58.5 Å². The zero-order chi connectivity index (χ0) is 19.4. The summed E-state index contributed by atoms with van der Waals surface area (Å²) in [5.41, 5.74) is 0.813. The average molecular weight is 385 g/mol. The van der Waals surface area contributed by atoms with Gasteiger partial charge in [-0.1, -0.05) is 37.7 Å². The van der Waals surface area contributed by atoms with Crippen LogP contribution in [-0.4, -0.2) is 27.8 Å². The molecule has 1 aromatic heterocycles. The number of amides is 1. The van der Waals surface area contributed by atoms with E-state index in [9.17, 15) is 14.0 Å². The van der Waals surface area contributed by atoms with Gasteiger partial charge in [0, 0.05) is 6.54 Å². The molecule has 140 valence electrons. The first-order chi connectivity index (χ1) is 13.0. The second-order valence-corrected chi connectivity index (χ2v) is 7.46. The summed E-state index contributed by atoms with van der Waals surface area (Å²) >= 11 is 1.18. The maximum Gasteiger partial charge on any atom is 0.266 e. The van der Waals surface area contributed by atoms with Crippen molar-refractivity contribution in [2.75, 3.05) is 12.3 Å². The second-order valence-electron chi connectivity index (χ2n) is 6.52. The Morgan fingerprint density at radius 1 is 1.19 bits per heavy atom. The van der Waals surface area contributed by atoms with Crippen LogP contribution in [0.1, 0.15) is 13.8 Å². The number of aromatic nitrogens is 2. The first-order valence-electron chi connectivity index (χ1n) is 8.63. The molecule has 27 heavy (non-hydrogen) atoms. The molecule has 0 saturated carbocycles. The highest BCUT2D eigenvalue weighted by atomic mass is 32.2. The number of halogens is 1. The normalized spacial score (nSPS) is 11.1. The average Bonchev–Trinajstić information content (AvgIpc) is 2.66. The van der Waals surface area contributed by atoms with Crippen molar-refractivity contribution in [3.8, 4) is 5.69 Å². The Hall–Kier alpha value is -2.67. The van der Waals surface area contributed by atoms with E-state index >= 15 is 0 Å². The molecular weight excluding hydrogens is 365 g/mol. The lowest BCUT2D eigenvalue weighted by molar-refractivity contribution is -0.118. The van der Waals surface area contributed by atoms with Crippen molar-refractivity contribution in [1.82, 2.24) is 14.9 Å². The van der Waals surface area contributed by atoms with Crippen molar-refractivity contribution in [3.05, 3.63) is 64.7 Å². The molecule has 7 heteroatoms. The molecule has 0 unspecified atom stereocenters. The number of carbonyl (C=O) groups is 1. The van der Waals surface area contributed by atoms with Gasteiger partial charge < -0.3 is 5.32 Å². The van der Waals surface area contributed by atoms with Gasteiger partial charge in [0.15, 0.2) is 5.16 Å². The zero-order valence-corrected chi connectivity index (χ0v) is 15.9. The van der Waals surface area contributed by atoms with Crippen LogP contribution in [0.4, 0.5) is 4.39 Å². The van der Waals surface area contributed by atoms with Crippen molar-refractivity contribution in [3.63, 3.8) is 0 Å². The number of hydrogen-bond donors (Lipinski definition) is 1. The summed E-state index contributed by atoms with van der Waals surface area (Å²) < 4.78 is 14.7. The minimum atomic E-state index is -0.386. The molecule has 1 amide bonds. The highest BCUT2D eigenvalue weighted by Crippen LogP contribution is 2.21. The fraction of sp³-hybridized carbons (Fsp3) is 0.250. The van der Waals surface area contributed by atoms with E-state index in [4.69, 9.17) is 0 Å². The van der Waals surface area contributed by atoms with E-state index in [2.05, 4.69) is 10.3 Å². The van der Waals surface area contributed by atoms with Gasteiger partial charge in [-0.2, -0.15) is 0 Å². The number of hydrogen-bond acceptors (Lipinski definition) is 4. The first kappa shape index (κ1) is 19.1. The van der Waals surface area contributed by atoms with E-state index in [1.54, 1.807) is 24.3 Å². The van der Waals surface area contributed by atoms with Crippen LogP contribution in [0.2, 0.25) is 0 Å². The van der Waals surface area contributed by atoms with E-state index < -0.39 is 0 Å². The number of para-hydroxylation sites is 1. The largest absolute Gasteiger partial charge is 0.355 e. The van der Waals surface area contributed by atoms with Crippen molar-refractivity contribution in [2.24, 2.45) is 5.92 Å². The standard InChI is InChI=1S/C20H20FN3O2S/c1-13(2)11-22-18(25)12-27-20-23-17-6-4-3-5-16(17)19(26)24(20)15-9-7-14(21)8-10-15/h3-10,13H,11-12H2,1-2H3,(H,22,25). The van der Waals surface area contributed by atoms with Crippen LogP contribution in [0.5, 0.6) is 0 Å². The Labute approximate surface area is 160 Å². The Bertz CT molecular complexity index is 1020. The number of carbonyl (C=O) groups excluding carboxylic acids is 1. The molecule has 0 aliphatic heterocycles. The van der Waals surface area contributed by atoms with Crippen LogP contribution in [0.3, 0.4) is 0 Å². The second kappa shape index (κ2) is 8.35. The molecule has 3 aromatic rings. The number of benzene rings is 2. The van der Waals surface area contributed by atoms with Gasteiger partial charge in [-0.3, -0.25) is 14.2 Å². The molecule has 0 aliphatic rings. The molecule has 1 heterocycles. The topological polar surface area (TPSA) is 64.0 Å². The molecule has 0 bridgehead atoms. The lowest BCUT2D eigenvalue weighted by atomic mass is 10.2. The summed E-state index contributed by atoms with van der Waals surface area (Å²) in [5.74, 6) is -0.0154. The fourth-order valence-corrected chi connectivity index (χ4v) is 3.37. The summed E-state index contributed by atoms with van der Waals surface area (Å²) in [6.07, 6.45) is 0. The van der Waals surface area contributed by atoms with Crippen LogP contribution in [0.25, 0.3) is 16.6 Å². The number of thioether (sulfide) groups is 1. The zero-order valence-electron chi connectivity index (χ0n) is 15.1. The van der Waals surface area contributed by atoms with Crippen molar-refractivity contribution < 1.29 is 9.18 Å². The van der Waals surface area contributed by atoms with E-state index in [0.717, 1.165) is 0 Å².